The molecule has 0 saturated carbocycles. The fourth-order valence-corrected chi connectivity index (χ4v) is 6.58. The lowest BCUT2D eigenvalue weighted by atomic mass is 10.1. The second-order valence-corrected chi connectivity index (χ2v) is 11.4. The van der Waals surface area contributed by atoms with Gasteiger partial charge in [-0.15, -0.1) is 0 Å². The highest BCUT2D eigenvalue weighted by Gasteiger charge is 2.38. The van der Waals surface area contributed by atoms with Gasteiger partial charge in [-0.1, -0.05) is 36.4 Å². The summed E-state index contributed by atoms with van der Waals surface area (Å²) in [5, 5.41) is 0. The number of carbonyl (C=O) groups excluding carboxylic acids is 1. The molecule has 200 valence electrons. The SMILES string of the molecule is COc1cccc(S(=O)N2CCN(c3ccccc3)C(C(=O)N3CCN(c4cc(C)ccc4C)CC3)C2)c1. The van der Waals surface area contributed by atoms with Crippen molar-refractivity contribution in [3.63, 3.8) is 0 Å². The molecule has 7 nitrogen and oxygen atoms in total. The number of hydrogen-bond donors (Lipinski definition) is 0. The van der Waals surface area contributed by atoms with Gasteiger partial charge in [0.05, 0.1) is 12.0 Å². The zero-order valence-electron chi connectivity index (χ0n) is 22.4. The Balaban J connectivity index is 1.34. The van der Waals surface area contributed by atoms with Gasteiger partial charge >= 0.3 is 0 Å². The van der Waals surface area contributed by atoms with Crippen molar-refractivity contribution >= 4 is 28.3 Å². The van der Waals surface area contributed by atoms with E-state index in [-0.39, 0.29) is 5.91 Å². The molecule has 0 spiro atoms. The van der Waals surface area contributed by atoms with Gasteiger partial charge in [-0.2, -0.15) is 0 Å². The molecule has 8 heteroatoms. The normalized spacial score (nSPS) is 19.3. The van der Waals surface area contributed by atoms with E-state index < -0.39 is 17.0 Å². The molecule has 2 aliphatic rings. The minimum absolute atomic E-state index is 0.0989. The van der Waals surface area contributed by atoms with Crippen molar-refractivity contribution < 1.29 is 13.7 Å². The highest BCUT2D eigenvalue weighted by atomic mass is 32.2. The van der Waals surface area contributed by atoms with E-state index in [0.29, 0.717) is 43.4 Å². The van der Waals surface area contributed by atoms with Crippen LogP contribution in [0.5, 0.6) is 5.75 Å². The molecule has 3 aromatic rings. The first-order valence-corrected chi connectivity index (χ1v) is 14.3. The molecular weight excluding hydrogens is 496 g/mol. The molecule has 2 saturated heterocycles. The fourth-order valence-electron chi connectivity index (χ4n) is 5.35. The molecule has 2 heterocycles. The summed E-state index contributed by atoms with van der Waals surface area (Å²) in [6.07, 6.45) is 0. The summed E-state index contributed by atoms with van der Waals surface area (Å²) in [4.78, 5) is 21.3. The molecule has 38 heavy (non-hydrogen) atoms. The average Bonchev–Trinajstić information content (AvgIpc) is 2.98. The molecule has 1 amide bonds. The number of benzene rings is 3. The van der Waals surface area contributed by atoms with Crippen molar-refractivity contribution in [2.24, 2.45) is 0 Å². The van der Waals surface area contributed by atoms with Gasteiger partial charge in [0.25, 0.3) is 0 Å². The van der Waals surface area contributed by atoms with Crippen molar-refractivity contribution in [1.82, 2.24) is 9.21 Å². The molecule has 5 rings (SSSR count). The molecule has 0 radical (unpaired) electrons. The van der Waals surface area contributed by atoms with E-state index >= 15 is 0 Å². The Bertz CT molecular complexity index is 1290. The van der Waals surface area contributed by atoms with Crippen LogP contribution < -0.4 is 14.5 Å². The Morgan fingerprint density at radius 1 is 0.868 bits per heavy atom. The molecule has 2 atom stereocenters. The summed E-state index contributed by atoms with van der Waals surface area (Å²) in [7, 11) is 0.223. The Labute approximate surface area is 228 Å². The van der Waals surface area contributed by atoms with Crippen molar-refractivity contribution in [3.8, 4) is 5.75 Å². The zero-order valence-corrected chi connectivity index (χ0v) is 23.2. The number of hydrogen-bond acceptors (Lipinski definition) is 5. The molecular formula is C30H36N4O3S. The Kier molecular flexibility index (Phi) is 8.00. The van der Waals surface area contributed by atoms with Crippen LogP contribution in [0.2, 0.25) is 0 Å². The van der Waals surface area contributed by atoms with Gasteiger partial charge in [-0.25, -0.2) is 8.51 Å². The van der Waals surface area contributed by atoms with Crippen molar-refractivity contribution in [3.05, 3.63) is 83.9 Å². The summed E-state index contributed by atoms with van der Waals surface area (Å²) in [6.45, 7) is 8.82. The highest BCUT2D eigenvalue weighted by molar-refractivity contribution is 7.82. The average molecular weight is 533 g/mol. The van der Waals surface area contributed by atoms with Crippen LogP contribution in [0, 0.1) is 13.8 Å². The van der Waals surface area contributed by atoms with Crippen molar-refractivity contribution in [1.29, 1.82) is 0 Å². The van der Waals surface area contributed by atoms with Crippen molar-refractivity contribution in [2.75, 3.05) is 62.7 Å². The van der Waals surface area contributed by atoms with Gasteiger partial charge in [0.15, 0.2) is 0 Å². The minimum Gasteiger partial charge on any atom is -0.497 e. The number of nitrogens with zero attached hydrogens (tertiary/aromatic N) is 4. The number of aryl methyl sites for hydroxylation is 2. The number of para-hydroxylation sites is 1. The third kappa shape index (κ3) is 5.56. The van der Waals surface area contributed by atoms with E-state index in [2.05, 4.69) is 41.8 Å². The fraction of sp³-hybridized carbons (Fsp3) is 0.367. The maximum absolute atomic E-state index is 14.0. The van der Waals surface area contributed by atoms with E-state index in [9.17, 15) is 9.00 Å². The van der Waals surface area contributed by atoms with Crippen LogP contribution >= 0.6 is 0 Å². The van der Waals surface area contributed by atoms with Crippen LogP contribution in [-0.2, 0) is 15.8 Å². The van der Waals surface area contributed by atoms with E-state index in [1.165, 1.54) is 16.8 Å². The molecule has 3 aromatic carbocycles. The molecule has 2 aliphatic heterocycles. The monoisotopic (exact) mass is 532 g/mol. The lowest BCUT2D eigenvalue weighted by molar-refractivity contribution is -0.133. The van der Waals surface area contributed by atoms with Crippen LogP contribution in [-0.4, -0.2) is 78.3 Å². The maximum Gasteiger partial charge on any atom is 0.246 e. The summed E-state index contributed by atoms with van der Waals surface area (Å²) in [6, 6.07) is 23.6. The van der Waals surface area contributed by atoms with Gasteiger partial charge < -0.3 is 19.4 Å². The van der Waals surface area contributed by atoms with Crippen molar-refractivity contribution in [2.45, 2.75) is 24.8 Å². The summed E-state index contributed by atoms with van der Waals surface area (Å²) in [5.74, 6) is 0.773. The van der Waals surface area contributed by atoms with Crippen LogP contribution in [0.3, 0.4) is 0 Å². The van der Waals surface area contributed by atoms with Crippen LogP contribution in [0.25, 0.3) is 0 Å². The molecule has 0 aromatic heterocycles. The number of anilines is 2. The van der Waals surface area contributed by atoms with Gasteiger partial charge in [0, 0.05) is 57.2 Å². The molecule has 0 N–H and O–H groups in total. The number of piperazine rings is 2. The second-order valence-electron chi connectivity index (χ2n) is 9.96. The van der Waals surface area contributed by atoms with Crippen LogP contribution in [0.4, 0.5) is 11.4 Å². The first kappa shape index (κ1) is 26.3. The maximum atomic E-state index is 14.0. The van der Waals surface area contributed by atoms with Gasteiger partial charge in [0.1, 0.15) is 22.8 Å². The Hall–Kier alpha value is -3.36. The van der Waals surface area contributed by atoms with Crippen LogP contribution in [0.1, 0.15) is 11.1 Å². The third-order valence-electron chi connectivity index (χ3n) is 7.49. The van der Waals surface area contributed by atoms with E-state index in [1.807, 2.05) is 63.8 Å². The highest BCUT2D eigenvalue weighted by Crippen LogP contribution is 2.27. The smallest absolute Gasteiger partial charge is 0.246 e. The standard InChI is InChI=1S/C30H36N4O3S/c1-23-12-13-24(2)28(20-23)31-14-16-32(17-15-31)30(35)29-22-33(18-19-34(29)25-8-5-4-6-9-25)38(36)27-11-7-10-26(21-27)37-3/h4-13,20-21,29H,14-19,22H2,1-3H3. The van der Waals surface area contributed by atoms with Gasteiger partial charge in [0.2, 0.25) is 5.91 Å². The minimum atomic E-state index is -1.38. The quantitative estimate of drug-likeness (QED) is 0.483. The lowest BCUT2D eigenvalue weighted by Crippen LogP contribution is -2.62. The van der Waals surface area contributed by atoms with E-state index in [4.69, 9.17) is 4.74 Å². The number of ether oxygens (including phenoxy) is 1. The summed E-state index contributed by atoms with van der Waals surface area (Å²) in [5.41, 5.74) is 4.77. The predicted molar refractivity (Wildman–Crippen MR) is 153 cm³/mol. The Morgan fingerprint density at radius 3 is 2.37 bits per heavy atom. The first-order chi connectivity index (χ1) is 18.4. The van der Waals surface area contributed by atoms with Gasteiger partial charge in [-0.05, 0) is 61.4 Å². The topological polar surface area (TPSA) is 56.3 Å². The van der Waals surface area contributed by atoms with Gasteiger partial charge in [-0.3, -0.25) is 4.79 Å². The molecule has 2 unspecified atom stereocenters. The summed E-state index contributed by atoms with van der Waals surface area (Å²) < 4.78 is 20.8. The number of rotatable bonds is 6. The van der Waals surface area contributed by atoms with Crippen LogP contribution in [0.15, 0.2) is 77.7 Å². The van der Waals surface area contributed by atoms with E-state index in [0.717, 1.165) is 18.8 Å². The molecule has 0 aliphatic carbocycles. The summed E-state index contributed by atoms with van der Waals surface area (Å²) >= 11 is 0. The first-order valence-electron chi connectivity index (χ1n) is 13.2. The zero-order chi connectivity index (χ0) is 26.6. The number of carbonyl (C=O) groups is 1. The largest absolute Gasteiger partial charge is 0.497 e. The molecule has 0 bridgehead atoms. The molecule has 2 fully saturated rings. The van der Waals surface area contributed by atoms with E-state index in [1.54, 1.807) is 7.11 Å². The third-order valence-corrected chi connectivity index (χ3v) is 8.95. The predicted octanol–water partition coefficient (Wildman–Crippen LogP) is 3.87. The lowest BCUT2D eigenvalue weighted by Gasteiger charge is -2.44. The number of amides is 1. The second kappa shape index (κ2) is 11.6. The Morgan fingerprint density at radius 2 is 1.63 bits per heavy atom. The number of methoxy groups -OCH3 is 1.